The second kappa shape index (κ2) is 11.9. The summed E-state index contributed by atoms with van der Waals surface area (Å²) in [4.78, 5) is 27.8. The summed E-state index contributed by atoms with van der Waals surface area (Å²) < 4.78 is 18.0. The van der Waals surface area contributed by atoms with E-state index in [0.717, 1.165) is 0 Å². The molecule has 0 bridgehead atoms. The van der Waals surface area contributed by atoms with Crippen LogP contribution in [0, 0.1) is 23.7 Å². The molecule has 2 aliphatic heterocycles. The number of ketones is 1. The van der Waals surface area contributed by atoms with Gasteiger partial charge in [0.2, 0.25) is 0 Å². The number of aliphatic hydroxyl groups is 2. The zero-order valence-electron chi connectivity index (χ0n) is 21.3. The van der Waals surface area contributed by atoms with Crippen molar-refractivity contribution >= 4 is 11.8 Å². The molecular weight excluding hydrogens is 426 g/mol. The minimum Gasteiger partial charge on any atom is -0.459 e. The van der Waals surface area contributed by atoms with Crippen LogP contribution >= 0.6 is 0 Å². The molecule has 0 radical (unpaired) electrons. The van der Waals surface area contributed by atoms with Crippen LogP contribution in [-0.4, -0.2) is 83.8 Å². The molecule has 2 aliphatic rings. The monoisotopic (exact) mass is 469 g/mol. The first-order valence-electron chi connectivity index (χ1n) is 12.1. The maximum absolute atomic E-state index is 13.1. The molecule has 0 aromatic rings. The highest BCUT2D eigenvalue weighted by Crippen LogP contribution is 2.32. The number of esters is 1. The van der Waals surface area contributed by atoms with E-state index in [1.165, 1.54) is 6.08 Å². The Morgan fingerprint density at radius 2 is 1.76 bits per heavy atom. The number of hydrogen-bond donors (Lipinski definition) is 2. The maximum Gasteiger partial charge on any atom is 0.311 e. The molecule has 2 heterocycles. The van der Waals surface area contributed by atoms with Crippen LogP contribution in [0.2, 0.25) is 0 Å². The Morgan fingerprint density at radius 3 is 2.33 bits per heavy atom. The van der Waals surface area contributed by atoms with Crippen molar-refractivity contribution in [2.45, 2.75) is 97.2 Å². The number of aliphatic hydroxyl groups excluding tert-OH is 2. The largest absolute Gasteiger partial charge is 0.459 e. The highest BCUT2D eigenvalue weighted by Gasteiger charge is 2.43. The van der Waals surface area contributed by atoms with E-state index in [1.54, 1.807) is 26.8 Å². The third-order valence-electron chi connectivity index (χ3n) is 7.01. The fraction of sp³-hybridized carbons (Fsp3) is 0.840. The number of likely N-dealkylation sites (N-methyl/N-ethyl adjacent to an activating group) is 1. The highest BCUT2D eigenvalue weighted by atomic mass is 16.7. The van der Waals surface area contributed by atoms with Gasteiger partial charge in [-0.25, -0.2) is 0 Å². The molecule has 0 aromatic heterocycles. The average molecular weight is 470 g/mol. The molecule has 0 spiro atoms. The third-order valence-corrected chi connectivity index (χ3v) is 7.01. The van der Waals surface area contributed by atoms with Gasteiger partial charge in [-0.3, -0.25) is 9.59 Å². The first kappa shape index (κ1) is 27.9. The molecule has 11 atom stereocenters. The summed E-state index contributed by atoms with van der Waals surface area (Å²) in [6, 6.07) is -0.145. The summed E-state index contributed by atoms with van der Waals surface area (Å²) in [6.45, 7) is 10.8. The van der Waals surface area contributed by atoms with Crippen molar-refractivity contribution in [1.29, 1.82) is 0 Å². The summed E-state index contributed by atoms with van der Waals surface area (Å²) in [5.74, 6) is -1.99. The van der Waals surface area contributed by atoms with Crippen molar-refractivity contribution in [3.8, 4) is 0 Å². The standard InChI is InChI=1S/C25H43NO7/c1-13-9-10-20(28)14(2)11-15(3)22(17(5)24(30)32-23(13)18(6)27)33-25-21(29)19(26(7)8)12-16(4)31-25/h9-10,13-19,21-23,25,27,29H,11-12H2,1-8H3/b10-9+/t13-,14-,15+,16?,17-,18?,19?,21?,22+,23+,25?/m1/s1. The quantitative estimate of drug-likeness (QED) is 0.604. The van der Waals surface area contributed by atoms with Gasteiger partial charge in [0.25, 0.3) is 0 Å². The minimum absolute atomic E-state index is 0.0217. The molecule has 8 nitrogen and oxygen atoms in total. The first-order valence-corrected chi connectivity index (χ1v) is 12.1. The molecule has 8 heteroatoms. The lowest BCUT2D eigenvalue weighted by atomic mass is 9.84. The number of carbonyl (C=O) groups excluding carboxylic acids is 2. The number of allylic oxidation sites excluding steroid dienone is 1. The van der Waals surface area contributed by atoms with Crippen LogP contribution in [0.4, 0.5) is 0 Å². The molecule has 33 heavy (non-hydrogen) atoms. The lowest BCUT2D eigenvalue weighted by Gasteiger charge is -2.43. The van der Waals surface area contributed by atoms with Gasteiger partial charge in [0, 0.05) is 17.9 Å². The molecule has 5 unspecified atom stereocenters. The molecular formula is C25H43NO7. The fourth-order valence-corrected chi connectivity index (χ4v) is 4.90. The zero-order chi connectivity index (χ0) is 25.0. The summed E-state index contributed by atoms with van der Waals surface area (Å²) in [6.07, 6.45) is 0.131. The Hall–Kier alpha value is -1.32. The predicted octanol–water partition coefficient (Wildman–Crippen LogP) is 2.16. The summed E-state index contributed by atoms with van der Waals surface area (Å²) in [5, 5.41) is 21.1. The number of rotatable bonds is 4. The Bertz CT molecular complexity index is 694. The second-order valence-corrected chi connectivity index (χ2v) is 10.3. The predicted molar refractivity (Wildman–Crippen MR) is 124 cm³/mol. The lowest BCUT2D eigenvalue weighted by molar-refractivity contribution is -0.279. The second-order valence-electron chi connectivity index (χ2n) is 10.3. The van der Waals surface area contributed by atoms with Gasteiger partial charge in [-0.05, 0) is 59.7 Å². The van der Waals surface area contributed by atoms with Crippen molar-refractivity contribution in [2.75, 3.05) is 14.1 Å². The Labute approximate surface area is 198 Å². The van der Waals surface area contributed by atoms with Gasteiger partial charge < -0.3 is 29.3 Å². The van der Waals surface area contributed by atoms with Crippen LogP contribution < -0.4 is 0 Å². The molecule has 2 N–H and O–H groups in total. The molecule has 0 aromatic carbocycles. The van der Waals surface area contributed by atoms with Crippen molar-refractivity contribution in [3.63, 3.8) is 0 Å². The lowest BCUT2D eigenvalue weighted by Crippen LogP contribution is -2.56. The van der Waals surface area contributed by atoms with E-state index >= 15 is 0 Å². The van der Waals surface area contributed by atoms with E-state index in [2.05, 4.69) is 0 Å². The fourth-order valence-electron chi connectivity index (χ4n) is 4.90. The number of nitrogens with zero attached hydrogens (tertiary/aromatic N) is 1. The van der Waals surface area contributed by atoms with E-state index in [1.807, 2.05) is 39.8 Å². The summed E-state index contributed by atoms with van der Waals surface area (Å²) >= 11 is 0. The molecule has 1 fully saturated rings. The smallest absolute Gasteiger partial charge is 0.311 e. The van der Waals surface area contributed by atoms with Gasteiger partial charge in [-0.2, -0.15) is 0 Å². The van der Waals surface area contributed by atoms with E-state index in [-0.39, 0.29) is 35.7 Å². The number of ether oxygens (including phenoxy) is 3. The van der Waals surface area contributed by atoms with Crippen molar-refractivity contribution in [2.24, 2.45) is 23.7 Å². The van der Waals surface area contributed by atoms with Crippen LogP contribution in [0.15, 0.2) is 12.2 Å². The van der Waals surface area contributed by atoms with Crippen LogP contribution in [0.1, 0.15) is 54.4 Å². The van der Waals surface area contributed by atoms with Gasteiger partial charge in [0.15, 0.2) is 12.1 Å². The van der Waals surface area contributed by atoms with Gasteiger partial charge in [-0.15, -0.1) is 0 Å². The normalized spacial score (nSPS) is 43.4. The molecule has 0 aliphatic carbocycles. The van der Waals surface area contributed by atoms with Crippen molar-refractivity contribution in [1.82, 2.24) is 4.90 Å². The van der Waals surface area contributed by atoms with Crippen LogP contribution in [0.3, 0.4) is 0 Å². The third kappa shape index (κ3) is 7.09. The van der Waals surface area contributed by atoms with Gasteiger partial charge in [0.1, 0.15) is 12.2 Å². The van der Waals surface area contributed by atoms with Crippen LogP contribution in [0.5, 0.6) is 0 Å². The minimum atomic E-state index is -0.908. The first-order chi connectivity index (χ1) is 15.3. The van der Waals surface area contributed by atoms with Gasteiger partial charge in [0.05, 0.1) is 24.2 Å². The van der Waals surface area contributed by atoms with Crippen LogP contribution in [-0.2, 0) is 23.8 Å². The number of hydrogen-bond acceptors (Lipinski definition) is 8. The topological polar surface area (TPSA) is 106 Å². The number of carbonyl (C=O) groups is 2. The Balaban J connectivity index is 2.35. The van der Waals surface area contributed by atoms with E-state index in [4.69, 9.17) is 14.2 Å². The van der Waals surface area contributed by atoms with Crippen molar-refractivity contribution in [3.05, 3.63) is 12.2 Å². The van der Waals surface area contributed by atoms with E-state index in [0.29, 0.717) is 12.8 Å². The SMILES string of the molecule is CC1CC(N(C)C)C(O)C(O[C@H]2[C@@H](C)C[C@@H](C)C(=O)/C=C/[C@@H](C)[C@@H](C(C)O)OC(=O)[C@@H]2C)O1. The molecule has 2 rings (SSSR count). The van der Waals surface area contributed by atoms with Gasteiger partial charge >= 0.3 is 5.97 Å². The van der Waals surface area contributed by atoms with E-state index in [9.17, 15) is 19.8 Å². The summed E-state index contributed by atoms with van der Waals surface area (Å²) in [5.41, 5.74) is 0. The highest BCUT2D eigenvalue weighted by molar-refractivity contribution is 5.91. The van der Waals surface area contributed by atoms with Crippen LogP contribution in [0.25, 0.3) is 0 Å². The molecule has 0 amide bonds. The molecule has 190 valence electrons. The van der Waals surface area contributed by atoms with E-state index < -0.39 is 42.6 Å². The number of cyclic esters (lactones) is 1. The van der Waals surface area contributed by atoms with Crippen molar-refractivity contribution < 1.29 is 34.0 Å². The van der Waals surface area contributed by atoms with Gasteiger partial charge in [-0.1, -0.05) is 26.8 Å². The Kier molecular flexibility index (Phi) is 10.1. The molecule has 0 saturated carbocycles. The Morgan fingerprint density at radius 1 is 1.12 bits per heavy atom. The molecule has 1 saturated heterocycles. The zero-order valence-corrected chi connectivity index (χ0v) is 21.3. The summed E-state index contributed by atoms with van der Waals surface area (Å²) in [7, 11) is 3.81. The average Bonchev–Trinajstić information content (AvgIpc) is 2.73. The maximum atomic E-state index is 13.1.